The molecule has 0 atom stereocenters. The van der Waals surface area contributed by atoms with Crippen LogP contribution in [-0.4, -0.2) is 36.5 Å². The zero-order valence-electron chi connectivity index (χ0n) is 13.5. The summed E-state index contributed by atoms with van der Waals surface area (Å²) in [5.41, 5.74) is -0.872. The molecule has 1 aromatic heterocycles. The van der Waals surface area contributed by atoms with E-state index in [1.807, 2.05) is 0 Å². The van der Waals surface area contributed by atoms with Crippen molar-refractivity contribution in [1.29, 1.82) is 5.26 Å². The fourth-order valence-corrected chi connectivity index (χ4v) is 2.90. The van der Waals surface area contributed by atoms with Gasteiger partial charge in [0.05, 0.1) is 6.07 Å². The zero-order chi connectivity index (χ0) is 18.3. The van der Waals surface area contributed by atoms with E-state index in [0.717, 1.165) is 19.3 Å². The number of nitrogens with one attached hydrogen (secondary N) is 2. The molecule has 1 heterocycles. The van der Waals surface area contributed by atoms with Crippen molar-refractivity contribution in [3.8, 4) is 6.07 Å². The van der Waals surface area contributed by atoms with Crippen molar-refractivity contribution in [3.63, 3.8) is 0 Å². The van der Waals surface area contributed by atoms with Crippen LogP contribution in [-0.2, 0) is 14.3 Å². The number of furan rings is 1. The highest BCUT2D eigenvalue weighted by molar-refractivity contribution is 9.10. The molecule has 0 radical (unpaired) electrons. The molecule has 0 saturated heterocycles. The molecule has 2 rings (SSSR count). The van der Waals surface area contributed by atoms with Gasteiger partial charge in [-0.25, -0.2) is 0 Å². The molecular formula is C16H18BrN3O5. The fraction of sp³-hybridized carbons (Fsp3) is 0.500. The standard InChI is InChI=1S/C16H18BrN3O5/c17-12-5-4-11(25-12)15(23)19-8-14(22)24-9-13(21)20-16(10-18)6-2-1-3-7-16/h4-5H,1-3,6-9H2,(H,19,23)(H,20,21). The quantitative estimate of drug-likeness (QED) is 0.686. The Bertz CT molecular complexity index is 688. The van der Waals surface area contributed by atoms with Crippen molar-refractivity contribution in [1.82, 2.24) is 10.6 Å². The van der Waals surface area contributed by atoms with Gasteiger partial charge in [-0.05, 0) is 40.9 Å². The monoisotopic (exact) mass is 411 g/mol. The van der Waals surface area contributed by atoms with Crippen molar-refractivity contribution in [2.75, 3.05) is 13.2 Å². The van der Waals surface area contributed by atoms with Gasteiger partial charge in [0.1, 0.15) is 12.1 Å². The number of carbonyl (C=O) groups excluding carboxylic acids is 3. The molecule has 1 aliphatic rings. The minimum Gasteiger partial charge on any atom is -0.454 e. The van der Waals surface area contributed by atoms with Crippen LogP contribution < -0.4 is 10.6 Å². The van der Waals surface area contributed by atoms with Gasteiger partial charge in [0, 0.05) is 0 Å². The van der Waals surface area contributed by atoms with Gasteiger partial charge >= 0.3 is 5.97 Å². The van der Waals surface area contributed by atoms with E-state index in [-0.39, 0.29) is 5.76 Å². The van der Waals surface area contributed by atoms with Gasteiger partial charge in [0.2, 0.25) is 0 Å². The first-order valence-corrected chi connectivity index (χ1v) is 8.65. The first-order chi connectivity index (χ1) is 11.9. The second-order valence-electron chi connectivity index (χ2n) is 5.75. The van der Waals surface area contributed by atoms with Crippen LogP contribution in [0.2, 0.25) is 0 Å². The first-order valence-electron chi connectivity index (χ1n) is 7.85. The number of rotatable bonds is 6. The van der Waals surface area contributed by atoms with E-state index in [0.29, 0.717) is 17.5 Å². The number of nitriles is 1. The summed E-state index contributed by atoms with van der Waals surface area (Å²) in [6.07, 6.45) is 3.99. The predicted octanol–water partition coefficient (Wildman–Crippen LogP) is 1.66. The Kier molecular flexibility index (Phi) is 6.58. The fourth-order valence-electron chi connectivity index (χ4n) is 2.60. The summed E-state index contributed by atoms with van der Waals surface area (Å²) >= 11 is 3.07. The molecule has 0 aromatic carbocycles. The minimum atomic E-state index is -0.872. The zero-order valence-corrected chi connectivity index (χ0v) is 15.1. The maximum absolute atomic E-state index is 11.9. The van der Waals surface area contributed by atoms with Crippen molar-refractivity contribution in [2.24, 2.45) is 0 Å². The number of hydrogen-bond donors (Lipinski definition) is 2. The summed E-state index contributed by atoms with van der Waals surface area (Å²) in [6, 6.07) is 5.15. The van der Waals surface area contributed by atoms with E-state index in [1.165, 1.54) is 6.07 Å². The summed E-state index contributed by atoms with van der Waals surface area (Å²) < 4.78 is 10.2. The third-order valence-electron chi connectivity index (χ3n) is 3.85. The van der Waals surface area contributed by atoms with Gasteiger partial charge in [0.25, 0.3) is 11.8 Å². The molecule has 0 aliphatic heterocycles. The molecular weight excluding hydrogens is 394 g/mol. The van der Waals surface area contributed by atoms with Gasteiger partial charge in [-0.2, -0.15) is 5.26 Å². The Morgan fingerprint density at radius 1 is 1.28 bits per heavy atom. The maximum atomic E-state index is 11.9. The average molecular weight is 412 g/mol. The average Bonchev–Trinajstić information content (AvgIpc) is 3.05. The Balaban J connectivity index is 1.71. The van der Waals surface area contributed by atoms with Crippen LogP contribution in [0.15, 0.2) is 21.2 Å². The second-order valence-corrected chi connectivity index (χ2v) is 6.53. The van der Waals surface area contributed by atoms with Crippen molar-refractivity contribution >= 4 is 33.7 Å². The summed E-state index contributed by atoms with van der Waals surface area (Å²) in [5.74, 6) is -1.81. The van der Waals surface area contributed by atoms with Gasteiger partial charge in [0.15, 0.2) is 17.0 Å². The molecule has 0 bridgehead atoms. The third kappa shape index (κ3) is 5.60. The SMILES string of the molecule is N#CC1(NC(=O)COC(=O)CNC(=O)c2ccc(Br)o2)CCCCC1. The molecule has 8 nitrogen and oxygen atoms in total. The molecule has 134 valence electrons. The van der Waals surface area contributed by atoms with E-state index in [4.69, 9.17) is 9.15 Å². The lowest BCUT2D eigenvalue weighted by Gasteiger charge is -2.31. The van der Waals surface area contributed by atoms with Crippen LogP contribution in [0.3, 0.4) is 0 Å². The Morgan fingerprint density at radius 3 is 2.60 bits per heavy atom. The van der Waals surface area contributed by atoms with E-state index in [2.05, 4.69) is 32.6 Å². The number of halogens is 1. The topological polar surface area (TPSA) is 121 Å². The third-order valence-corrected chi connectivity index (χ3v) is 4.28. The molecule has 0 spiro atoms. The Hall–Kier alpha value is -2.34. The second kappa shape index (κ2) is 8.67. The lowest BCUT2D eigenvalue weighted by molar-refractivity contribution is -0.148. The smallest absolute Gasteiger partial charge is 0.325 e. The Morgan fingerprint density at radius 2 is 2.00 bits per heavy atom. The van der Waals surface area contributed by atoms with Crippen LogP contribution >= 0.6 is 15.9 Å². The van der Waals surface area contributed by atoms with Crippen molar-refractivity contribution in [2.45, 2.75) is 37.6 Å². The number of carbonyl (C=O) groups is 3. The normalized spacial score (nSPS) is 15.7. The molecule has 1 fully saturated rings. The predicted molar refractivity (Wildman–Crippen MR) is 89.3 cm³/mol. The molecule has 0 unspecified atom stereocenters. The number of esters is 1. The van der Waals surface area contributed by atoms with Gasteiger partial charge < -0.3 is 19.8 Å². The largest absolute Gasteiger partial charge is 0.454 e. The molecule has 2 N–H and O–H groups in total. The first kappa shape index (κ1) is 19.0. The number of nitrogens with zero attached hydrogens (tertiary/aromatic N) is 1. The molecule has 1 saturated carbocycles. The molecule has 1 aromatic rings. The van der Waals surface area contributed by atoms with Gasteiger partial charge in [-0.1, -0.05) is 19.3 Å². The van der Waals surface area contributed by atoms with E-state index >= 15 is 0 Å². The maximum Gasteiger partial charge on any atom is 0.325 e. The van der Waals surface area contributed by atoms with Crippen molar-refractivity contribution < 1.29 is 23.5 Å². The minimum absolute atomic E-state index is 0.0469. The van der Waals surface area contributed by atoms with Crippen LogP contribution in [0.5, 0.6) is 0 Å². The summed E-state index contributed by atoms with van der Waals surface area (Å²) in [6.45, 7) is -0.891. The summed E-state index contributed by atoms with van der Waals surface area (Å²) in [7, 11) is 0. The number of ether oxygens (including phenoxy) is 1. The number of hydrogen-bond acceptors (Lipinski definition) is 6. The molecule has 25 heavy (non-hydrogen) atoms. The van der Waals surface area contributed by atoms with Crippen LogP contribution in [0.25, 0.3) is 0 Å². The van der Waals surface area contributed by atoms with Crippen molar-refractivity contribution in [3.05, 3.63) is 22.6 Å². The van der Waals surface area contributed by atoms with Gasteiger partial charge in [-0.15, -0.1) is 0 Å². The van der Waals surface area contributed by atoms with Gasteiger partial charge in [-0.3, -0.25) is 14.4 Å². The van der Waals surface area contributed by atoms with Crippen LogP contribution in [0.4, 0.5) is 0 Å². The highest BCUT2D eigenvalue weighted by atomic mass is 79.9. The Labute approximate surface area is 153 Å². The van der Waals surface area contributed by atoms with E-state index in [9.17, 15) is 19.6 Å². The summed E-state index contributed by atoms with van der Waals surface area (Å²) in [5, 5.41) is 14.3. The molecule has 9 heteroatoms. The van der Waals surface area contributed by atoms with E-state index < -0.39 is 36.5 Å². The van der Waals surface area contributed by atoms with E-state index in [1.54, 1.807) is 6.07 Å². The molecule has 1 aliphatic carbocycles. The lowest BCUT2D eigenvalue weighted by Crippen LogP contribution is -2.50. The highest BCUT2D eigenvalue weighted by Crippen LogP contribution is 2.27. The molecule has 2 amide bonds. The lowest BCUT2D eigenvalue weighted by atomic mass is 9.83. The van der Waals surface area contributed by atoms with Crippen LogP contribution in [0.1, 0.15) is 42.7 Å². The highest BCUT2D eigenvalue weighted by Gasteiger charge is 2.33. The summed E-state index contributed by atoms with van der Waals surface area (Å²) in [4.78, 5) is 35.2. The van der Waals surface area contributed by atoms with Crippen LogP contribution in [0, 0.1) is 11.3 Å². The number of amides is 2.